The highest BCUT2D eigenvalue weighted by atomic mass is 32.1. The van der Waals surface area contributed by atoms with Gasteiger partial charge in [0, 0.05) is 4.86 Å². The summed E-state index contributed by atoms with van der Waals surface area (Å²) in [4.78, 5) is 0.862. The highest BCUT2D eigenvalue weighted by Gasteiger charge is 2.21. The highest BCUT2D eigenvalue weighted by Crippen LogP contribution is 2.21. The molecule has 0 heterocycles. The molecule has 1 aliphatic carbocycles. The monoisotopic (exact) mass is 144 g/mol. The smallest absolute Gasteiger partial charge is 0.0854 e. The molecule has 2 unspecified atom stereocenters. The van der Waals surface area contributed by atoms with Crippen LogP contribution in [0.15, 0.2) is 0 Å². The number of aliphatic hydroxyl groups is 1. The van der Waals surface area contributed by atoms with Crippen LogP contribution in [0.2, 0.25) is 0 Å². The molecule has 1 fully saturated rings. The second kappa shape index (κ2) is 2.76. The maximum atomic E-state index is 9.21. The molecule has 0 aromatic carbocycles. The van der Waals surface area contributed by atoms with Gasteiger partial charge in [0.05, 0.1) is 6.10 Å². The van der Waals surface area contributed by atoms with Crippen molar-refractivity contribution < 1.29 is 5.11 Å². The van der Waals surface area contributed by atoms with Gasteiger partial charge in [-0.05, 0) is 25.2 Å². The Morgan fingerprint density at radius 3 is 2.67 bits per heavy atom. The van der Waals surface area contributed by atoms with Crippen molar-refractivity contribution in [1.29, 1.82) is 0 Å². The van der Waals surface area contributed by atoms with Crippen LogP contribution < -0.4 is 0 Å². The zero-order valence-electron chi connectivity index (χ0n) is 5.63. The standard InChI is InChI=1S/C7H12OS/c1-5-3-2-4-6(8)7(5)9/h5-6,8H,2-4H2,1H3. The summed E-state index contributed by atoms with van der Waals surface area (Å²) in [5, 5.41) is 9.21. The molecule has 0 amide bonds. The lowest BCUT2D eigenvalue weighted by atomic mass is 9.89. The Balaban J connectivity index is 2.52. The predicted octanol–water partition coefficient (Wildman–Crippen LogP) is 1.54. The van der Waals surface area contributed by atoms with E-state index in [0.717, 1.165) is 24.1 Å². The maximum absolute atomic E-state index is 9.21. The molecule has 0 radical (unpaired) electrons. The molecule has 0 saturated heterocycles. The Kier molecular flexibility index (Phi) is 2.19. The van der Waals surface area contributed by atoms with Gasteiger partial charge >= 0.3 is 0 Å². The molecule has 0 spiro atoms. The van der Waals surface area contributed by atoms with Crippen LogP contribution in [0.5, 0.6) is 0 Å². The van der Waals surface area contributed by atoms with E-state index in [2.05, 4.69) is 6.92 Å². The van der Waals surface area contributed by atoms with Gasteiger partial charge in [-0.25, -0.2) is 0 Å². The van der Waals surface area contributed by atoms with Crippen LogP contribution >= 0.6 is 12.2 Å². The predicted molar refractivity (Wildman–Crippen MR) is 41.6 cm³/mol. The van der Waals surface area contributed by atoms with Crippen LogP contribution in [-0.2, 0) is 0 Å². The van der Waals surface area contributed by atoms with E-state index >= 15 is 0 Å². The van der Waals surface area contributed by atoms with Gasteiger partial charge < -0.3 is 5.11 Å². The van der Waals surface area contributed by atoms with Gasteiger partial charge in [0.2, 0.25) is 0 Å². The van der Waals surface area contributed by atoms with E-state index in [9.17, 15) is 5.11 Å². The number of hydrogen-bond donors (Lipinski definition) is 1. The molecule has 52 valence electrons. The van der Waals surface area contributed by atoms with Crippen LogP contribution in [0.25, 0.3) is 0 Å². The molecule has 0 aromatic heterocycles. The second-order valence-corrected chi connectivity index (χ2v) is 3.22. The molecule has 1 rings (SSSR count). The molecule has 0 aromatic rings. The third-order valence-corrected chi connectivity index (χ3v) is 2.60. The summed E-state index contributed by atoms with van der Waals surface area (Å²) in [6.07, 6.45) is 2.88. The largest absolute Gasteiger partial charge is 0.388 e. The van der Waals surface area contributed by atoms with Crippen molar-refractivity contribution in [2.75, 3.05) is 0 Å². The van der Waals surface area contributed by atoms with Gasteiger partial charge in [-0.1, -0.05) is 19.1 Å². The topological polar surface area (TPSA) is 20.2 Å². The van der Waals surface area contributed by atoms with E-state index in [0.29, 0.717) is 5.92 Å². The SMILES string of the molecule is CC1CCCC(O)C1=S. The van der Waals surface area contributed by atoms with Gasteiger partial charge in [-0.2, -0.15) is 0 Å². The Morgan fingerprint density at radius 2 is 2.22 bits per heavy atom. The van der Waals surface area contributed by atoms with E-state index < -0.39 is 0 Å². The lowest BCUT2D eigenvalue weighted by Crippen LogP contribution is -2.28. The lowest BCUT2D eigenvalue weighted by Gasteiger charge is -2.23. The second-order valence-electron chi connectivity index (χ2n) is 2.75. The van der Waals surface area contributed by atoms with Crippen molar-refractivity contribution in [3.05, 3.63) is 0 Å². The van der Waals surface area contributed by atoms with Gasteiger partial charge in [0.25, 0.3) is 0 Å². The summed E-state index contributed by atoms with van der Waals surface area (Å²) in [7, 11) is 0. The first-order chi connectivity index (χ1) is 4.22. The van der Waals surface area contributed by atoms with Crippen molar-refractivity contribution in [2.24, 2.45) is 5.92 Å². The highest BCUT2D eigenvalue weighted by molar-refractivity contribution is 7.80. The van der Waals surface area contributed by atoms with Crippen molar-refractivity contribution in [1.82, 2.24) is 0 Å². The van der Waals surface area contributed by atoms with Crippen molar-refractivity contribution >= 4 is 17.1 Å². The molecular formula is C7H12OS. The lowest BCUT2D eigenvalue weighted by molar-refractivity contribution is 0.209. The fraction of sp³-hybridized carbons (Fsp3) is 0.857. The van der Waals surface area contributed by atoms with Crippen LogP contribution in [0, 0.1) is 5.92 Å². The average molecular weight is 144 g/mol. The molecule has 2 heteroatoms. The number of thiocarbonyl (C=S) groups is 1. The Morgan fingerprint density at radius 1 is 1.56 bits per heavy atom. The van der Waals surface area contributed by atoms with E-state index in [4.69, 9.17) is 12.2 Å². The Hall–Kier alpha value is 0.0500. The van der Waals surface area contributed by atoms with Gasteiger partial charge in [0.1, 0.15) is 0 Å². The summed E-state index contributed by atoms with van der Waals surface area (Å²) >= 11 is 5.00. The third-order valence-electron chi connectivity index (χ3n) is 1.93. The summed E-state index contributed by atoms with van der Waals surface area (Å²) in [6, 6.07) is 0. The van der Waals surface area contributed by atoms with Crippen molar-refractivity contribution in [2.45, 2.75) is 32.3 Å². The minimum Gasteiger partial charge on any atom is -0.388 e. The molecule has 0 aliphatic heterocycles. The first kappa shape index (κ1) is 7.16. The molecule has 1 nitrogen and oxygen atoms in total. The fourth-order valence-corrected chi connectivity index (χ4v) is 1.47. The maximum Gasteiger partial charge on any atom is 0.0854 e. The molecule has 2 atom stereocenters. The number of hydrogen-bond acceptors (Lipinski definition) is 2. The average Bonchev–Trinajstić information content (AvgIpc) is 1.83. The zero-order valence-corrected chi connectivity index (χ0v) is 6.45. The quantitative estimate of drug-likeness (QED) is 0.520. The molecule has 0 bridgehead atoms. The first-order valence-corrected chi connectivity index (χ1v) is 3.84. The summed E-state index contributed by atoms with van der Waals surface area (Å²) in [6.45, 7) is 2.09. The summed E-state index contributed by atoms with van der Waals surface area (Å²) < 4.78 is 0. The van der Waals surface area contributed by atoms with Gasteiger partial charge in [0.15, 0.2) is 0 Å². The van der Waals surface area contributed by atoms with E-state index in [1.807, 2.05) is 0 Å². The van der Waals surface area contributed by atoms with Gasteiger partial charge in [-0.15, -0.1) is 0 Å². The Labute approximate surface area is 61.1 Å². The Bertz CT molecular complexity index is 110. The van der Waals surface area contributed by atoms with Crippen LogP contribution in [0.1, 0.15) is 26.2 Å². The zero-order chi connectivity index (χ0) is 6.85. The van der Waals surface area contributed by atoms with Crippen LogP contribution in [0.4, 0.5) is 0 Å². The van der Waals surface area contributed by atoms with E-state index in [1.54, 1.807) is 0 Å². The molecule has 9 heavy (non-hydrogen) atoms. The van der Waals surface area contributed by atoms with E-state index in [1.165, 1.54) is 0 Å². The molecule has 1 N–H and O–H groups in total. The number of rotatable bonds is 0. The first-order valence-electron chi connectivity index (χ1n) is 3.43. The minimum absolute atomic E-state index is 0.288. The van der Waals surface area contributed by atoms with Crippen molar-refractivity contribution in [3.8, 4) is 0 Å². The van der Waals surface area contributed by atoms with Crippen LogP contribution in [0.3, 0.4) is 0 Å². The minimum atomic E-state index is -0.288. The normalized spacial score (nSPS) is 36.9. The summed E-state index contributed by atoms with van der Waals surface area (Å²) in [5.41, 5.74) is 0. The molecule has 1 aliphatic rings. The van der Waals surface area contributed by atoms with Crippen molar-refractivity contribution in [3.63, 3.8) is 0 Å². The fourth-order valence-electron chi connectivity index (χ4n) is 1.23. The molecular weight excluding hydrogens is 132 g/mol. The van der Waals surface area contributed by atoms with E-state index in [-0.39, 0.29) is 6.10 Å². The van der Waals surface area contributed by atoms with Gasteiger partial charge in [-0.3, -0.25) is 0 Å². The van der Waals surface area contributed by atoms with Crippen LogP contribution in [-0.4, -0.2) is 16.1 Å². The molecule has 1 saturated carbocycles. The summed E-state index contributed by atoms with van der Waals surface area (Å²) in [5.74, 6) is 0.462. The number of aliphatic hydroxyl groups excluding tert-OH is 1. The third kappa shape index (κ3) is 1.49.